The van der Waals surface area contributed by atoms with E-state index in [4.69, 9.17) is 15.3 Å². The number of aliphatic carboxylic acids is 1. The van der Waals surface area contributed by atoms with Crippen LogP contribution < -0.4 is 0 Å². The molecule has 1 aromatic heterocycles. The van der Waals surface area contributed by atoms with Gasteiger partial charge in [0.15, 0.2) is 5.82 Å². The summed E-state index contributed by atoms with van der Waals surface area (Å²) in [4.78, 5) is 10.4. The van der Waals surface area contributed by atoms with Crippen LogP contribution in [0.1, 0.15) is 25.1 Å². The maximum atomic E-state index is 10.4. The van der Waals surface area contributed by atoms with Crippen molar-refractivity contribution in [3.8, 4) is 0 Å². The standard InChI is InChI=1S/C11H16N4O4/c1-8(9-12-13-14-15(9)2)6-4-3-5-7-11(18,19)10(16)17/h4,6,18-19H,1,3,5,7H2,2H3,(H,16,17). The first-order valence-corrected chi connectivity index (χ1v) is 5.61. The van der Waals surface area contributed by atoms with Gasteiger partial charge in [0.1, 0.15) is 0 Å². The van der Waals surface area contributed by atoms with Crippen molar-refractivity contribution in [2.45, 2.75) is 25.0 Å². The number of aromatic nitrogens is 4. The highest BCUT2D eigenvalue weighted by atomic mass is 16.5. The molecule has 19 heavy (non-hydrogen) atoms. The van der Waals surface area contributed by atoms with Crippen molar-refractivity contribution < 1.29 is 20.1 Å². The zero-order chi connectivity index (χ0) is 14.5. The quantitative estimate of drug-likeness (QED) is 0.353. The van der Waals surface area contributed by atoms with E-state index in [9.17, 15) is 4.79 Å². The molecule has 8 nitrogen and oxygen atoms in total. The second-order valence-corrected chi connectivity index (χ2v) is 4.07. The van der Waals surface area contributed by atoms with Gasteiger partial charge in [-0.1, -0.05) is 18.7 Å². The van der Waals surface area contributed by atoms with Gasteiger partial charge in [-0.15, -0.1) is 5.10 Å². The summed E-state index contributed by atoms with van der Waals surface area (Å²) in [5, 5.41) is 37.5. The summed E-state index contributed by atoms with van der Waals surface area (Å²) in [5.41, 5.74) is 0.616. The second kappa shape index (κ2) is 6.21. The molecule has 0 aliphatic carbocycles. The van der Waals surface area contributed by atoms with E-state index in [0.29, 0.717) is 24.2 Å². The van der Waals surface area contributed by atoms with Crippen LogP contribution in [0.5, 0.6) is 0 Å². The molecule has 8 heteroatoms. The van der Waals surface area contributed by atoms with E-state index in [1.807, 2.05) is 0 Å². The van der Waals surface area contributed by atoms with Gasteiger partial charge in [-0.3, -0.25) is 0 Å². The number of carboxylic acids is 1. The van der Waals surface area contributed by atoms with Crippen molar-refractivity contribution >= 4 is 11.5 Å². The Morgan fingerprint density at radius 2 is 2.21 bits per heavy atom. The van der Waals surface area contributed by atoms with Crippen molar-refractivity contribution in [1.82, 2.24) is 20.2 Å². The molecule has 0 bridgehead atoms. The summed E-state index contributed by atoms with van der Waals surface area (Å²) in [7, 11) is 1.69. The number of hydrogen-bond donors (Lipinski definition) is 3. The number of rotatable bonds is 7. The number of hydrogen-bond acceptors (Lipinski definition) is 6. The van der Waals surface area contributed by atoms with Crippen LogP contribution in [-0.2, 0) is 11.8 Å². The molecule has 1 rings (SSSR count). The molecule has 0 saturated carbocycles. The summed E-state index contributed by atoms with van der Waals surface area (Å²) in [6.07, 6.45) is 4.00. The molecule has 0 fully saturated rings. The molecule has 0 spiro atoms. The first-order valence-electron chi connectivity index (χ1n) is 5.61. The molecule has 1 heterocycles. The highest BCUT2D eigenvalue weighted by molar-refractivity contribution is 5.74. The van der Waals surface area contributed by atoms with E-state index >= 15 is 0 Å². The molecular weight excluding hydrogens is 252 g/mol. The van der Waals surface area contributed by atoms with Gasteiger partial charge in [-0.05, 0) is 23.3 Å². The summed E-state index contributed by atoms with van der Waals surface area (Å²) < 4.78 is 1.48. The van der Waals surface area contributed by atoms with Gasteiger partial charge in [-0.25, -0.2) is 9.48 Å². The zero-order valence-corrected chi connectivity index (χ0v) is 10.5. The van der Waals surface area contributed by atoms with Gasteiger partial charge >= 0.3 is 5.97 Å². The molecule has 1 aromatic rings. The molecule has 0 aliphatic rings. The zero-order valence-electron chi connectivity index (χ0n) is 10.5. The lowest BCUT2D eigenvalue weighted by molar-refractivity contribution is -0.205. The van der Waals surface area contributed by atoms with E-state index in [0.717, 1.165) is 0 Å². The summed E-state index contributed by atoms with van der Waals surface area (Å²) in [6, 6.07) is 0. The highest BCUT2D eigenvalue weighted by Gasteiger charge is 2.31. The molecule has 3 N–H and O–H groups in total. The lowest BCUT2D eigenvalue weighted by atomic mass is 10.1. The van der Waals surface area contributed by atoms with Gasteiger partial charge in [0.05, 0.1) is 0 Å². The van der Waals surface area contributed by atoms with Gasteiger partial charge in [0.25, 0.3) is 5.79 Å². The van der Waals surface area contributed by atoms with E-state index in [1.165, 1.54) is 4.68 Å². The van der Waals surface area contributed by atoms with Crippen LogP contribution in [0.25, 0.3) is 5.57 Å². The minimum atomic E-state index is -2.67. The first-order chi connectivity index (χ1) is 8.84. The third-order valence-electron chi connectivity index (χ3n) is 2.47. The molecular formula is C11H16N4O4. The average Bonchev–Trinajstić information content (AvgIpc) is 2.74. The van der Waals surface area contributed by atoms with Crippen molar-refractivity contribution in [3.05, 3.63) is 24.6 Å². The Hall–Kier alpha value is -2.06. The van der Waals surface area contributed by atoms with Crippen LogP contribution in [0, 0.1) is 0 Å². The third-order valence-corrected chi connectivity index (χ3v) is 2.47. The first kappa shape index (κ1) is 15.0. The fourth-order valence-corrected chi connectivity index (χ4v) is 1.37. The summed E-state index contributed by atoms with van der Waals surface area (Å²) >= 11 is 0. The van der Waals surface area contributed by atoms with E-state index < -0.39 is 11.8 Å². The Kier molecular flexibility index (Phi) is 4.90. The van der Waals surface area contributed by atoms with Crippen LogP contribution in [0.3, 0.4) is 0 Å². The highest BCUT2D eigenvalue weighted by Crippen LogP contribution is 2.13. The number of unbranched alkanes of at least 4 members (excludes halogenated alkanes) is 1. The van der Waals surface area contributed by atoms with E-state index in [-0.39, 0.29) is 6.42 Å². The average molecular weight is 268 g/mol. The van der Waals surface area contributed by atoms with Crippen molar-refractivity contribution in [2.75, 3.05) is 0 Å². The number of allylic oxidation sites excluding steroid dienone is 3. The minimum absolute atomic E-state index is 0.245. The summed E-state index contributed by atoms with van der Waals surface area (Å²) in [6.45, 7) is 3.79. The van der Waals surface area contributed by atoms with Gasteiger partial charge in [0, 0.05) is 19.0 Å². The molecule has 0 atom stereocenters. The smallest absolute Gasteiger partial charge is 0.364 e. The monoisotopic (exact) mass is 268 g/mol. The summed E-state index contributed by atoms with van der Waals surface area (Å²) in [5.74, 6) is -3.79. The van der Waals surface area contributed by atoms with Crippen LogP contribution in [0.4, 0.5) is 0 Å². The Morgan fingerprint density at radius 1 is 1.53 bits per heavy atom. The largest absolute Gasteiger partial charge is 0.477 e. The Bertz CT molecular complexity index is 493. The maximum Gasteiger partial charge on any atom is 0.364 e. The lowest BCUT2D eigenvalue weighted by Gasteiger charge is -2.14. The number of aryl methyl sites for hydroxylation is 1. The molecule has 0 amide bonds. The van der Waals surface area contributed by atoms with Gasteiger partial charge < -0.3 is 15.3 Å². The predicted molar refractivity (Wildman–Crippen MR) is 65.6 cm³/mol. The minimum Gasteiger partial charge on any atom is -0.477 e. The van der Waals surface area contributed by atoms with Crippen LogP contribution >= 0.6 is 0 Å². The normalized spacial score (nSPS) is 11.9. The maximum absolute atomic E-state index is 10.4. The van der Waals surface area contributed by atoms with Crippen LogP contribution in [0.2, 0.25) is 0 Å². The Morgan fingerprint density at radius 3 is 2.74 bits per heavy atom. The number of carboxylic acid groups (broad SMARTS) is 1. The number of nitrogens with zero attached hydrogens (tertiary/aromatic N) is 4. The SMILES string of the molecule is C=C(C=CCCCC(O)(O)C(=O)O)c1nnnn1C. The van der Waals surface area contributed by atoms with Crippen molar-refractivity contribution in [2.24, 2.45) is 7.05 Å². The molecule has 0 aliphatic heterocycles. The van der Waals surface area contributed by atoms with Crippen molar-refractivity contribution in [3.63, 3.8) is 0 Å². The fraction of sp³-hybridized carbons (Fsp3) is 0.455. The van der Waals surface area contributed by atoms with Gasteiger partial charge in [0.2, 0.25) is 0 Å². The second-order valence-electron chi connectivity index (χ2n) is 4.07. The Balaban J connectivity index is 2.38. The van der Waals surface area contributed by atoms with Crippen LogP contribution in [-0.4, -0.2) is 47.3 Å². The van der Waals surface area contributed by atoms with E-state index in [1.54, 1.807) is 19.2 Å². The molecule has 104 valence electrons. The van der Waals surface area contributed by atoms with E-state index in [2.05, 4.69) is 22.1 Å². The number of aliphatic hydroxyl groups is 2. The van der Waals surface area contributed by atoms with Crippen molar-refractivity contribution in [1.29, 1.82) is 0 Å². The molecule has 0 radical (unpaired) electrons. The molecule has 0 aromatic carbocycles. The topological polar surface area (TPSA) is 121 Å². The predicted octanol–water partition coefficient (Wildman–Crippen LogP) is -0.285. The lowest BCUT2D eigenvalue weighted by Crippen LogP contribution is -2.37. The molecule has 0 unspecified atom stereocenters. The third kappa shape index (κ3) is 4.27. The Labute approximate surface area is 109 Å². The fourth-order valence-electron chi connectivity index (χ4n) is 1.37. The molecule has 0 saturated heterocycles. The van der Waals surface area contributed by atoms with Crippen LogP contribution in [0.15, 0.2) is 18.7 Å². The number of tetrazole rings is 1. The van der Waals surface area contributed by atoms with Gasteiger partial charge in [-0.2, -0.15) is 0 Å². The number of carbonyl (C=O) groups is 1.